The van der Waals surface area contributed by atoms with Gasteiger partial charge < -0.3 is 4.90 Å². The van der Waals surface area contributed by atoms with Crippen molar-refractivity contribution >= 4 is 21.8 Å². The van der Waals surface area contributed by atoms with Crippen molar-refractivity contribution in [2.75, 3.05) is 6.54 Å². The summed E-state index contributed by atoms with van der Waals surface area (Å²) in [6, 6.07) is 4.36. The highest BCUT2D eigenvalue weighted by Gasteiger charge is 2.29. The van der Waals surface area contributed by atoms with Crippen LogP contribution in [0.15, 0.2) is 22.7 Å². The first-order valence-corrected chi connectivity index (χ1v) is 7.04. The predicted molar refractivity (Wildman–Crippen MR) is 73.0 cm³/mol. The Morgan fingerprint density at radius 3 is 2.72 bits per heavy atom. The van der Waals surface area contributed by atoms with Gasteiger partial charge in [0.2, 0.25) is 0 Å². The predicted octanol–water partition coefficient (Wildman–Crippen LogP) is 3.85. The Morgan fingerprint density at radius 2 is 2.17 bits per heavy atom. The van der Waals surface area contributed by atoms with E-state index in [-0.39, 0.29) is 17.8 Å². The molecule has 1 fully saturated rings. The first kappa shape index (κ1) is 13.5. The second-order valence-electron chi connectivity index (χ2n) is 5.12. The Morgan fingerprint density at radius 1 is 1.50 bits per heavy atom. The van der Waals surface area contributed by atoms with Gasteiger partial charge in [0.25, 0.3) is 5.91 Å². The van der Waals surface area contributed by atoms with Gasteiger partial charge in [-0.05, 0) is 66.7 Å². The summed E-state index contributed by atoms with van der Waals surface area (Å²) >= 11 is 3.32. The number of carbonyl (C=O) groups is 1. The van der Waals surface area contributed by atoms with Gasteiger partial charge in [-0.15, -0.1) is 0 Å². The average molecular weight is 314 g/mol. The quantitative estimate of drug-likeness (QED) is 0.827. The third-order valence-electron chi connectivity index (χ3n) is 3.19. The molecule has 0 heterocycles. The zero-order valence-electron chi connectivity index (χ0n) is 10.6. The molecule has 1 aromatic rings. The molecule has 0 aliphatic heterocycles. The van der Waals surface area contributed by atoms with E-state index in [2.05, 4.69) is 15.9 Å². The molecule has 18 heavy (non-hydrogen) atoms. The Balaban J connectivity index is 2.23. The van der Waals surface area contributed by atoms with E-state index in [1.54, 1.807) is 6.07 Å². The number of halogens is 2. The van der Waals surface area contributed by atoms with Gasteiger partial charge in [-0.2, -0.15) is 0 Å². The molecule has 1 amide bonds. The fourth-order valence-electron chi connectivity index (χ4n) is 1.92. The number of carbonyl (C=O) groups excluding carboxylic acids is 1. The molecule has 1 aromatic carbocycles. The summed E-state index contributed by atoms with van der Waals surface area (Å²) < 4.78 is 13.9. The van der Waals surface area contributed by atoms with Crippen molar-refractivity contribution in [3.63, 3.8) is 0 Å². The third kappa shape index (κ3) is 3.10. The number of amides is 1. The van der Waals surface area contributed by atoms with Crippen molar-refractivity contribution in [3.05, 3.63) is 34.1 Å². The van der Waals surface area contributed by atoms with E-state index in [0.29, 0.717) is 16.0 Å². The summed E-state index contributed by atoms with van der Waals surface area (Å²) in [6.45, 7) is 4.76. The second-order valence-corrected chi connectivity index (χ2v) is 5.97. The SMILES string of the molecule is CC(C)N(CC1CC1)C(=O)c1cc(F)ccc1Br. The van der Waals surface area contributed by atoms with Crippen LogP contribution >= 0.6 is 15.9 Å². The van der Waals surface area contributed by atoms with Crippen LogP contribution in [0.25, 0.3) is 0 Å². The topological polar surface area (TPSA) is 20.3 Å². The Bertz CT molecular complexity index is 457. The van der Waals surface area contributed by atoms with Gasteiger partial charge in [0.15, 0.2) is 0 Å². The Hall–Kier alpha value is -0.900. The van der Waals surface area contributed by atoms with Gasteiger partial charge >= 0.3 is 0 Å². The number of nitrogens with zero attached hydrogens (tertiary/aromatic N) is 1. The monoisotopic (exact) mass is 313 g/mol. The first-order chi connectivity index (χ1) is 8.49. The maximum absolute atomic E-state index is 13.3. The van der Waals surface area contributed by atoms with Crippen LogP contribution in [0.1, 0.15) is 37.0 Å². The average Bonchev–Trinajstić information content (AvgIpc) is 3.12. The summed E-state index contributed by atoms with van der Waals surface area (Å²) in [5.41, 5.74) is 0.407. The minimum absolute atomic E-state index is 0.0942. The van der Waals surface area contributed by atoms with Gasteiger partial charge in [0, 0.05) is 17.1 Å². The lowest BCUT2D eigenvalue weighted by atomic mass is 10.1. The molecular formula is C14H17BrFNO. The van der Waals surface area contributed by atoms with Crippen molar-refractivity contribution in [2.45, 2.75) is 32.7 Å². The van der Waals surface area contributed by atoms with Gasteiger partial charge in [-0.1, -0.05) is 0 Å². The van der Waals surface area contributed by atoms with Crippen LogP contribution in [-0.2, 0) is 0 Å². The maximum atomic E-state index is 13.3. The minimum atomic E-state index is -0.378. The molecule has 0 atom stereocenters. The van der Waals surface area contributed by atoms with Crippen molar-refractivity contribution in [1.29, 1.82) is 0 Å². The number of benzene rings is 1. The second kappa shape index (κ2) is 5.39. The summed E-state index contributed by atoms with van der Waals surface area (Å²) in [5, 5.41) is 0. The van der Waals surface area contributed by atoms with E-state index in [9.17, 15) is 9.18 Å². The fraction of sp³-hybridized carbons (Fsp3) is 0.500. The van der Waals surface area contributed by atoms with Gasteiger partial charge in [-0.3, -0.25) is 4.79 Å². The van der Waals surface area contributed by atoms with E-state index in [4.69, 9.17) is 0 Å². The normalized spacial score (nSPS) is 14.9. The molecule has 0 radical (unpaired) electrons. The smallest absolute Gasteiger partial charge is 0.255 e. The molecule has 1 saturated carbocycles. The van der Waals surface area contributed by atoms with Gasteiger partial charge in [-0.25, -0.2) is 4.39 Å². The van der Waals surface area contributed by atoms with Crippen molar-refractivity contribution in [2.24, 2.45) is 5.92 Å². The summed E-state index contributed by atoms with van der Waals surface area (Å²) in [7, 11) is 0. The lowest BCUT2D eigenvalue weighted by Crippen LogP contribution is -2.38. The molecule has 0 N–H and O–H groups in total. The molecule has 0 bridgehead atoms. The van der Waals surface area contributed by atoms with Crippen molar-refractivity contribution in [3.8, 4) is 0 Å². The Labute approximate surface area is 115 Å². The molecule has 1 aliphatic carbocycles. The molecule has 98 valence electrons. The van der Waals surface area contributed by atoms with Crippen molar-refractivity contribution in [1.82, 2.24) is 4.90 Å². The van der Waals surface area contributed by atoms with Crippen LogP contribution in [0.5, 0.6) is 0 Å². The van der Waals surface area contributed by atoms with E-state index >= 15 is 0 Å². The zero-order chi connectivity index (χ0) is 13.3. The van der Waals surface area contributed by atoms with Crippen LogP contribution in [0.3, 0.4) is 0 Å². The maximum Gasteiger partial charge on any atom is 0.255 e. The van der Waals surface area contributed by atoms with E-state index in [1.807, 2.05) is 18.7 Å². The summed E-state index contributed by atoms with van der Waals surface area (Å²) in [5.74, 6) is 0.156. The van der Waals surface area contributed by atoms with Crippen LogP contribution in [0.2, 0.25) is 0 Å². The van der Waals surface area contributed by atoms with Crippen LogP contribution < -0.4 is 0 Å². The molecular weight excluding hydrogens is 297 g/mol. The summed E-state index contributed by atoms with van der Waals surface area (Å²) in [6.07, 6.45) is 2.39. The lowest BCUT2D eigenvalue weighted by Gasteiger charge is -2.27. The molecule has 1 aliphatic rings. The Kier molecular flexibility index (Phi) is 4.05. The first-order valence-electron chi connectivity index (χ1n) is 6.25. The lowest BCUT2D eigenvalue weighted by molar-refractivity contribution is 0.0694. The number of hydrogen-bond donors (Lipinski definition) is 0. The van der Waals surface area contributed by atoms with Crippen LogP contribution in [0.4, 0.5) is 4.39 Å². The van der Waals surface area contributed by atoms with Crippen LogP contribution in [-0.4, -0.2) is 23.4 Å². The highest BCUT2D eigenvalue weighted by atomic mass is 79.9. The van der Waals surface area contributed by atoms with E-state index < -0.39 is 0 Å². The van der Waals surface area contributed by atoms with Gasteiger partial charge in [0.05, 0.1) is 5.56 Å². The fourth-order valence-corrected chi connectivity index (χ4v) is 2.34. The standard InChI is InChI=1S/C14H17BrFNO/c1-9(2)17(8-10-3-4-10)14(18)12-7-11(16)5-6-13(12)15/h5-7,9-10H,3-4,8H2,1-2H3. The number of hydrogen-bond acceptors (Lipinski definition) is 1. The number of rotatable bonds is 4. The molecule has 2 rings (SSSR count). The van der Waals surface area contributed by atoms with Crippen molar-refractivity contribution < 1.29 is 9.18 Å². The molecule has 4 heteroatoms. The molecule has 2 nitrogen and oxygen atoms in total. The zero-order valence-corrected chi connectivity index (χ0v) is 12.2. The largest absolute Gasteiger partial charge is 0.336 e. The highest BCUT2D eigenvalue weighted by Crippen LogP contribution is 2.31. The molecule has 0 aromatic heterocycles. The minimum Gasteiger partial charge on any atom is -0.336 e. The van der Waals surface area contributed by atoms with Crippen LogP contribution in [0, 0.1) is 11.7 Å². The third-order valence-corrected chi connectivity index (χ3v) is 3.89. The van der Waals surface area contributed by atoms with E-state index in [0.717, 1.165) is 6.54 Å². The molecule has 0 spiro atoms. The molecule has 0 unspecified atom stereocenters. The van der Waals surface area contributed by atoms with E-state index in [1.165, 1.54) is 25.0 Å². The summed E-state index contributed by atoms with van der Waals surface area (Å²) in [4.78, 5) is 14.3. The molecule has 0 saturated heterocycles. The highest BCUT2D eigenvalue weighted by molar-refractivity contribution is 9.10. The van der Waals surface area contributed by atoms with Gasteiger partial charge in [0.1, 0.15) is 5.82 Å².